The number of nitriles is 1. The molecule has 104 valence electrons. The number of rotatable bonds is 5. The van der Waals surface area contributed by atoms with E-state index in [0.29, 0.717) is 5.69 Å². The molecule has 3 N–H and O–H groups in total. The molecule has 6 heteroatoms. The van der Waals surface area contributed by atoms with Gasteiger partial charge in [0.15, 0.2) is 11.4 Å². The molecule has 0 spiro atoms. The molecule has 0 amide bonds. The Morgan fingerprint density at radius 1 is 1.60 bits per heavy atom. The van der Waals surface area contributed by atoms with Crippen molar-refractivity contribution in [3.63, 3.8) is 0 Å². The van der Waals surface area contributed by atoms with Gasteiger partial charge in [0.05, 0.1) is 12.9 Å². The quantitative estimate of drug-likeness (QED) is 0.279. The van der Waals surface area contributed by atoms with Crippen LogP contribution in [0.4, 0.5) is 5.69 Å². The van der Waals surface area contributed by atoms with Gasteiger partial charge in [-0.1, -0.05) is 12.1 Å². The third-order valence-corrected chi connectivity index (χ3v) is 2.31. The maximum atomic E-state index is 11.7. The first-order valence-corrected chi connectivity index (χ1v) is 6.01. The van der Waals surface area contributed by atoms with Gasteiger partial charge in [0.1, 0.15) is 6.07 Å². The van der Waals surface area contributed by atoms with E-state index in [1.807, 2.05) is 25.1 Å². The zero-order valence-electron chi connectivity index (χ0n) is 11.4. The predicted octanol–water partition coefficient (Wildman–Crippen LogP) is 1.69. The monoisotopic (exact) mass is 272 g/mol. The zero-order chi connectivity index (χ0) is 15.0. The summed E-state index contributed by atoms with van der Waals surface area (Å²) in [5, 5.41) is 12.0. The number of hydrogen-bond donors (Lipinski definition) is 2. The molecule has 0 atom stereocenters. The second-order valence-corrected chi connectivity index (χ2v) is 3.83. The predicted molar refractivity (Wildman–Crippen MR) is 76.8 cm³/mol. The highest BCUT2D eigenvalue weighted by molar-refractivity contribution is 5.94. The largest absolute Gasteiger partial charge is 0.462 e. The number of aryl methyl sites for hydroxylation is 1. The Bertz CT molecular complexity index is 585. The van der Waals surface area contributed by atoms with E-state index in [2.05, 4.69) is 10.3 Å². The number of nitrogens with zero attached hydrogens (tertiary/aromatic N) is 2. The van der Waals surface area contributed by atoms with Crippen LogP contribution in [0.5, 0.6) is 0 Å². The summed E-state index contributed by atoms with van der Waals surface area (Å²) in [6, 6.07) is 9.20. The van der Waals surface area contributed by atoms with Gasteiger partial charge in [0, 0.05) is 5.69 Å². The molecule has 1 aromatic carbocycles. The Kier molecular flexibility index (Phi) is 5.78. The van der Waals surface area contributed by atoms with Gasteiger partial charge in [-0.2, -0.15) is 5.26 Å². The highest BCUT2D eigenvalue weighted by Crippen LogP contribution is 2.15. The maximum Gasteiger partial charge on any atom is 0.352 e. The van der Waals surface area contributed by atoms with Crippen LogP contribution in [0.15, 0.2) is 40.7 Å². The van der Waals surface area contributed by atoms with Crippen molar-refractivity contribution >= 4 is 18.0 Å². The van der Waals surface area contributed by atoms with E-state index in [-0.39, 0.29) is 18.0 Å². The van der Waals surface area contributed by atoms with Crippen LogP contribution in [-0.4, -0.2) is 18.9 Å². The number of hydrogen-bond acceptors (Lipinski definition) is 5. The SMILES string of the molecule is CCOC(=O)/C(C#N)=C(\N=C\N)Nc1cccc(C)c1. The molecule has 6 nitrogen and oxygen atoms in total. The highest BCUT2D eigenvalue weighted by atomic mass is 16.5. The Morgan fingerprint density at radius 3 is 2.90 bits per heavy atom. The first-order chi connectivity index (χ1) is 9.62. The van der Waals surface area contributed by atoms with E-state index in [4.69, 9.17) is 15.7 Å². The minimum absolute atomic E-state index is 0.0547. The molecule has 0 heterocycles. The van der Waals surface area contributed by atoms with E-state index < -0.39 is 5.97 Å². The second kappa shape index (κ2) is 7.59. The Morgan fingerprint density at radius 2 is 2.35 bits per heavy atom. The minimum Gasteiger partial charge on any atom is -0.462 e. The van der Waals surface area contributed by atoms with Gasteiger partial charge in [0.25, 0.3) is 0 Å². The summed E-state index contributed by atoms with van der Waals surface area (Å²) in [5.74, 6) is -0.685. The molecule has 0 aromatic heterocycles. The summed E-state index contributed by atoms with van der Waals surface area (Å²) in [5.41, 5.74) is 6.75. The van der Waals surface area contributed by atoms with Crippen LogP contribution in [0.25, 0.3) is 0 Å². The van der Waals surface area contributed by atoms with Crippen molar-refractivity contribution in [2.24, 2.45) is 10.7 Å². The number of aliphatic imine (C=N–C) groups is 1. The lowest BCUT2D eigenvalue weighted by molar-refractivity contribution is -0.138. The summed E-state index contributed by atoms with van der Waals surface area (Å²) in [6.45, 7) is 3.76. The number of carbonyl (C=O) groups is 1. The lowest BCUT2D eigenvalue weighted by Gasteiger charge is -2.09. The number of nitrogens with one attached hydrogen (secondary N) is 1. The molecule has 0 aliphatic rings. The molecule has 0 fully saturated rings. The van der Waals surface area contributed by atoms with Gasteiger partial charge >= 0.3 is 5.97 Å². The van der Waals surface area contributed by atoms with Crippen molar-refractivity contribution in [2.75, 3.05) is 11.9 Å². The average Bonchev–Trinajstić information content (AvgIpc) is 2.40. The van der Waals surface area contributed by atoms with Crippen molar-refractivity contribution in [1.82, 2.24) is 0 Å². The maximum absolute atomic E-state index is 11.7. The van der Waals surface area contributed by atoms with Gasteiger partial charge in [-0.3, -0.25) is 0 Å². The lowest BCUT2D eigenvalue weighted by atomic mass is 10.2. The molecular formula is C14H16N4O2. The fraction of sp³-hybridized carbons (Fsp3) is 0.214. The van der Waals surface area contributed by atoms with Gasteiger partial charge in [-0.05, 0) is 31.5 Å². The van der Waals surface area contributed by atoms with E-state index in [0.717, 1.165) is 11.9 Å². The summed E-state index contributed by atoms with van der Waals surface area (Å²) in [4.78, 5) is 15.5. The van der Waals surface area contributed by atoms with Gasteiger partial charge < -0.3 is 15.8 Å². The number of ether oxygens (including phenoxy) is 1. The molecule has 1 aromatic rings. The summed E-state index contributed by atoms with van der Waals surface area (Å²) < 4.78 is 4.81. The van der Waals surface area contributed by atoms with Crippen molar-refractivity contribution in [3.05, 3.63) is 41.2 Å². The van der Waals surface area contributed by atoms with Gasteiger partial charge in [0.2, 0.25) is 0 Å². The number of anilines is 1. The number of nitrogens with two attached hydrogens (primary N) is 1. The summed E-state index contributed by atoms with van der Waals surface area (Å²) in [7, 11) is 0. The van der Waals surface area contributed by atoms with Crippen LogP contribution < -0.4 is 11.1 Å². The summed E-state index contributed by atoms with van der Waals surface area (Å²) in [6.07, 6.45) is 1.01. The number of carbonyl (C=O) groups excluding carboxylic acids is 1. The Balaban J connectivity index is 3.15. The molecule has 1 rings (SSSR count). The zero-order valence-corrected chi connectivity index (χ0v) is 11.4. The minimum atomic E-state index is -0.740. The van der Waals surface area contributed by atoms with Crippen LogP contribution in [0.1, 0.15) is 12.5 Å². The van der Waals surface area contributed by atoms with Crippen molar-refractivity contribution in [1.29, 1.82) is 5.26 Å². The van der Waals surface area contributed by atoms with Crippen LogP contribution >= 0.6 is 0 Å². The Labute approximate surface area is 117 Å². The van der Waals surface area contributed by atoms with Crippen molar-refractivity contribution in [3.8, 4) is 6.07 Å². The smallest absolute Gasteiger partial charge is 0.352 e. The van der Waals surface area contributed by atoms with Crippen LogP contribution in [0.2, 0.25) is 0 Å². The molecule has 0 unspecified atom stereocenters. The average molecular weight is 272 g/mol. The molecule has 0 aliphatic heterocycles. The molecule has 0 radical (unpaired) electrons. The molecule has 0 aliphatic carbocycles. The highest BCUT2D eigenvalue weighted by Gasteiger charge is 2.16. The van der Waals surface area contributed by atoms with E-state index in [1.165, 1.54) is 0 Å². The molecule has 0 saturated heterocycles. The lowest BCUT2D eigenvalue weighted by Crippen LogP contribution is -2.13. The second-order valence-electron chi connectivity index (χ2n) is 3.83. The normalized spacial score (nSPS) is 11.7. The van der Waals surface area contributed by atoms with Crippen molar-refractivity contribution in [2.45, 2.75) is 13.8 Å². The molecular weight excluding hydrogens is 256 g/mol. The van der Waals surface area contributed by atoms with Gasteiger partial charge in [-0.25, -0.2) is 9.79 Å². The topological polar surface area (TPSA) is 100 Å². The van der Waals surface area contributed by atoms with Gasteiger partial charge in [-0.15, -0.1) is 0 Å². The van der Waals surface area contributed by atoms with E-state index in [9.17, 15) is 4.79 Å². The fourth-order valence-corrected chi connectivity index (χ4v) is 1.49. The van der Waals surface area contributed by atoms with Crippen molar-refractivity contribution < 1.29 is 9.53 Å². The summed E-state index contributed by atoms with van der Waals surface area (Å²) >= 11 is 0. The van der Waals surface area contributed by atoms with Crippen LogP contribution in [-0.2, 0) is 9.53 Å². The van der Waals surface area contributed by atoms with Crippen LogP contribution in [0, 0.1) is 18.3 Å². The van der Waals surface area contributed by atoms with Crippen LogP contribution in [0.3, 0.4) is 0 Å². The number of benzene rings is 1. The molecule has 20 heavy (non-hydrogen) atoms. The third kappa shape index (κ3) is 4.14. The third-order valence-electron chi connectivity index (χ3n) is 2.31. The number of esters is 1. The van der Waals surface area contributed by atoms with E-state index >= 15 is 0 Å². The Hall–Kier alpha value is -2.81. The first kappa shape index (κ1) is 15.2. The first-order valence-electron chi connectivity index (χ1n) is 6.01. The molecule has 0 bridgehead atoms. The molecule has 0 saturated carbocycles. The standard InChI is InChI=1S/C14H16N4O2/c1-3-20-14(19)12(8-15)13(17-9-16)18-11-6-4-5-10(2)7-11/h4-7,9,18H,3H2,1-2H3,(H2,16,17)/b13-12+. The van der Waals surface area contributed by atoms with E-state index in [1.54, 1.807) is 19.1 Å². The fourth-order valence-electron chi connectivity index (χ4n) is 1.49.